The third-order valence-electron chi connectivity index (χ3n) is 6.27. The van der Waals surface area contributed by atoms with Gasteiger partial charge < -0.3 is 16.2 Å². The van der Waals surface area contributed by atoms with Crippen molar-refractivity contribution in [2.45, 2.75) is 57.3 Å². The molecule has 0 saturated heterocycles. The van der Waals surface area contributed by atoms with Crippen LogP contribution in [0.5, 0.6) is 0 Å². The maximum Gasteiger partial charge on any atom is 0.303 e. The number of nitrogens with one attached hydrogen (secondary N) is 1. The van der Waals surface area contributed by atoms with E-state index in [0.717, 1.165) is 75.0 Å². The molecule has 0 atom stereocenters. The van der Waals surface area contributed by atoms with E-state index in [-0.39, 0.29) is 0 Å². The van der Waals surface area contributed by atoms with Crippen molar-refractivity contribution in [2.24, 2.45) is 5.92 Å². The Morgan fingerprint density at radius 3 is 2.61 bits per heavy atom. The minimum absolute atomic E-state index is 0.295. The Morgan fingerprint density at radius 1 is 1.18 bits per heavy atom. The Bertz CT molecular complexity index is 840. The lowest BCUT2D eigenvalue weighted by atomic mass is 9.80. The molecule has 2 heterocycles. The van der Waals surface area contributed by atoms with Crippen LogP contribution in [-0.4, -0.2) is 29.1 Å². The summed E-state index contributed by atoms with van der Waals surface area (Å²) in [5, 5.41) is 15.7. The van der Waals surface area contributed by atoms with Gasteiger partial charge >= 0.3 is 5.97 Å². The van der Waals surface area contributed by atoms with Gasteiger partial charge in [0.15, 0.2) is 0 Å². The first-order chi connectivity index (χ1) is 13.6. The van der Waals surface area contributed by atoms with E-state index < -0.39 is 5.97 Å². The molecule has 0 radical (unpaired) electrons. The summed E-state index contributed by atoms with van der Waals surface area (Å²) < 4.78 is 0. The van der Waals surface area contributed by atoms with E-state index in [9.17, 15) is 4.79 Å². The summed E-state index contributed by atoms with van der Waals surface area (Å²) in [6.45, 7) is 2.03. The van der Waals surface area contributed by atoms with Crippen LogP contribution in [0.3, 0.4) is 0 Å². The van der Waals surface area contributed by atoms with Crippen LogP contribution in [0.25, 0.3) is 11.3 Å². The van der Waals surface area contributed by atoms with Gasteiger partial charge in [0.2, 0.25) is 0 Å². The molecule has 4 rings (SSSR count). The molecular weight excluding hydrogens is 370 g/mol. The molecule has 0 unspecified atom stereocenters. The number of carboxylic acid groups (broad SMARTS) is 1. The lowest BCUT2D eigenvalue weighted by Gasteiger charge is -2.26. The zero-order valence-electron chi connectivity index (χ0n) is 16.2. The van der Waals surface area contributed by atoms with Crippen LogP contribution in [0.2, 0.25) is 0 Å². The Balaban J connectivity index is 1.45. The SMILES string of the molecule is Nc1cc2c(cc1-c1csc([C@H]3CC[C@H](CCC(=O)O)CC3)n1)CCNCC2. The van der Waals surface area contributed by atoms with Crippen LogP contribution < -0.4 is 11.1 Å². The highest BCUT2D eigenvalue weighted by Crippen LogP contribution is 2.40. The summed E-state index contributed by atoms with van der Waals surface area (Å²) in [5.41, 5.74) is 12.0. The summed E-state index contributed by atoms with van der Waals surface area (Å²) >= 11 is 1.75. The molecule has 1 aliphatic heterocycles. The number of carboxylic acids is 1. The second-order valence-electron chi connectivity index (χ2n) is 8.18. The minimum atomic E-state index is -0.680. The van der Waals surface area contributed by atoms with Crippen molar-refractivity contribution in [3.8, 4) is 11.3 Å². The second-order valence-corrected chi connectivity index (χ2v) is 9.07. The largest absolute Gasteiger partial charge is 0.481 e. The average Bonchev–Trinajstić information content (AvgIpc) is 3.06. The number of benzene rings is 1. The molecule has 6 heteroatoms. The summed E-state index contributed by atoms with van der Waals surface area (Å²) in [4.78, 5) is 15.7. The summed E-state index contributed by atoms with van der Waals surface area (Å²) in [6, 6.07) is 4.39. The molecule has 1 aromatic heterocycles. The number of thiazole rings is 1. The first kappa shape index (κ1) is 19.4. The van der Waals surface area contributed by atoms with Gasteiger partial charge in [-0.2, -0.15) is 0 Å². The predicted molar refractivity (Wildman–Crippen MR) is 114 cm³/mol. The number of fused-ring (bicyclic) bond motifs is 1. The van der Waals surface area contributed by atoms with Gasteiger partial charge in [0.05, 0.1) is 10.7 Å². The van der Waals surface area contributed by atoms with Gasteiger partial charge in [0, 0.05) is 29.0 Å². The monoisotopic (exact) mass is 399 g/mol. The number of hydrogen-bond donors (Lipinski definition) is 3. The number of carbonyl (C=O) groups is 1. The fourth-order valence-corrected chi connectivity index (χ4v) is 5.58. The van der Waals surface area contributed by atoms with Crippen LogP contribution in [0.15, 0.2) is 17.5 Å². The van der Waals surface area contributed by atoms with Crippen molar-refractivity contribution in [3.63, 3.8) is 0 Å². The first-order valence-electron chi connectivity index (χ1n) is 10.4. The maximum atomic E-state index is 10.8. The highest BCUT2D eigenvalue weighted by atomic mass is 32.1. The number of nitrogens with zero attached hydrogens (tertiary/aromatic N) is 1. The van der Waals surface area contributed by atoms with Gasteiger partial charge in [-0.1, -0.05) is 0 Å². The predicted octanol–water partition coefficient (Wildman–Crippen LogP) is 4.22. The summed E-state index contributed by atoms with van der Waals surface area (Å²) in [6.07, 6.45) is 7.63. The van der Waals surface area contributed by atoms with Crippen molar-refractivity contribution in [2.75, 3.05) is 18.8 Å². The van der Waals surface area contributed by atoms with E-state index in [4.69, 9.17) is 15.8 Å². The van der Waals surface area contributed by atoms with Gasteiger partial charge in [-0.25, -0.2) is 4.98 Å². The van der Waals surface area contributed by atoms with E-state index in [1.807, 2.05) is 0 Å². The number of anilines is 1. The van der Waals surface area contributed by atoms with Crippen molar-refractivity contribution < 1.29 is 9.90 Å². The quantitative estimate of drug-likeness (QED) is 0.655. The molecule has 1 fully saturated rings. The average molecular weight is 400 g/mol. The molecule has 2 aromatic rings. The van der Waals surface area contributed by atoms with E-state index in [2.05, 4.69) is 22.8 Å². The number of nitrogen functional groups attached to an aromatic ring is 1. The molecule has 150 valence electrons. The molecule has 2 aliphatic rings. The first-order valence-corrected chi connectivity index (χ1v) is 11.3. The Morgan fingerprint density at radius 2 is 1.89 bits per heavy atom. The summed E-state index contributed by atoms with van der Waals surface area (Å²) in [7, 11) is 0. The third kappa shape index (κ3) is 4.39. The Kier molecular flexibility index (Phi) is 5.97. The zero-order valence-corrected chi connectivity index (χ0v) is 17.1. The lowest BCUT2D eigenvalue weighted by molar-refractivity contribution is -0.137. The fraction of sp³-hybridized carbons (Fsp3) is 0.545. The van der Waals surface area contributed by atoms with Gasteiger partial charge in [-0.05, 0) is 87.2 Å². The molecular formula is C22H29N3O2S. The second kappa shape index (κ2) is 8.62. The van der Waals surface area contributed by atoms with Crippen molar-refractivity contribution in [1.29, 1.82) is 0 Å². The highest BCUT2D eigenvalue weighted by Gasteiger charge is 2.25. The lowest BCUT2D eigenvalue weighted by Crippen LogP contribution is -2.16. The van der Waals surface area contributed by atoms with Crippen LogP contribution in [0.4, 0.5) is 5.69 Å². The Hall–Kier alpha value is -1.92. The number of rotatable bonds is 5. The van der Waals surface area contributed by atoms with Gasteiger partial charge in [0.1, 0.15) is 0 Å². The number of aromatic nitrogens is 1. The van der Waals surface area contributed by atoms with Crippen molar-refractivity contribution in [1.82, 2.24) is 10.3 Å². The van der Waals surface area contributed by atoms with Gasteiger partial charge in [0.25, 0.3) is 0 Å². The van der Waals surface area contributed by atoms with Gasteiger partial charge in [-0.15, -0.1) is 11.3 Å². The van der Waals surface area contributed by atoms with E-state index >= 15 is 0 Å². The highest BCUT2D eigenvalue weighted by molar-refractivity contribution is 7.10. The van der Waals surface area contributed by atoms with Crippen LogP contribution in [0.1, 0.15) is 60.6 Å². The van der Waals surface area contributed by atoms with Crippen LogP contribution >= 0.6 is 11.3 Å². The van der Waals surface area contributed by atoms with E-state index in [1.54, 1.807) is 11.3 Å². The fourth-order valence-electron chi connectivity index (χ4n) is 4.59. The Labute approximate surface area is 170 Å². The summed E-state index contributed by atoms with van der Waals surface area (Å²) in [5.74, 6) is 0.382. The zero-order chi connectivity index (χ0) is 19.5. The normalized spacial score (nSPS) is 22.4. The molecule has 5 nitrogen and oxygen atoms in total. The standard InChI is InChI=1S/C22H29N3O2S/c23-19-12-17-8-10-24-9-7-16(17)11-18(19)20-13-28-22(25-20)15-4-1-14(2-5-15)3-6-21(26)27/h11-15,24H,1-10,23H2,(H,26,27)/t14-,15-. The molecule has 28 heavy (non-hydrogen) atoms. The molecule has 0 amide bonds. The van der Waals surface area contributed by atoms with E-state index in [0.29, 0.717) is 18.3 Å². The molecule has 1 aliphatic carbocycles. The van der Waals surface area contributed by atoms with Crippen LogP contribution in [0, 0.1) is 5.92 Å². The van der Waals surface area contributed by atoms with Gasteiger partial charge in [-0.3, -0.25) is 4.79 Å². The topological polar surface area (TPSA) is 88.2 Å². The van der Waals surface area contributed by atoms with E-state index in [1.165, 1.54) is 16.1 Å². The minimum Gasteiger partial charge on any atom is -0.481 e. The third-order valence-corrected chi connectivity index (χ3v) is 7.28. The number of aliphatic carboxylic acids is 1. The molecule has 4 N–H and O–H groups in total. The number of hydrogen-bond acceptors (Lipinski definition) is 5. The molecule has 0 bridgehead atoms. The smallest absolute Gasteiger partial charge is 0.303 e. The number of nitrogens with two attached hydrogens (primary N) is 1. The van der Waals surface area contributed by atoms with Crippen LogP contribution in [-0.2, 0) is 17.6 Å². The molecule has 1 aromatic carbocycles. The molecule has 1 saturated carbocycles. The molecule has 0 spiro atoms. The maximum absolute atomic E-state index is 10.8. The van der Waals surface area contributed by atoms with Crippen molar-refractivity contribution in [3.05, 3.63) is 33.6 Å². The van der Waals surface area contributed by atoms with Crippen molar-refractivity contribution >= 4 is 23.0 Å².